The molecule has 2 aromatic heterocycles. The number of nitrogens with zero attached hydrogens (tertiary/aromatic N) is 2. The zero-order valence-corrected chi connectivity index (χ0v) is 8.13. The Balaban J connectivity index is 2.72. The first-order chi connectivity index (χ1) is 6.09. The number of aromatic nitrogens is 3. The van der Waals surface area contributed by atoms with Crippen molar-refractivity contribution in [3.63, 3.8) is 0 Å². The van der Waals surface area contributed by atoms with Gasteiger partial charge < -0.3 is 0 Å². The van der Waals surface area contributed by atoms with E-state index in [0.29, 0.717) is 0 Å². The maximum atomic E-state index is 4.31. The summed E-state index contributed by atoms with van der Waals surface area (Å²) in [7, 11) is 0. The van der Waals surface area contributed by atoms with E-state index in [1.165, 1.54) is 0 Å². The molecule has 0 bridgehead atoms. The van der Waals surface area contributed by atoms with E-state index in [1.807, 2.05) is 12.1 Å². The van der Waals surface area contributed by atoms with Gasteiger partial charge in [-0.2, -0.15) is 5.10 Å². The summed E-state index contributed by atoms with van der Waals surface area (Å²) in [5, 5.41) is 7.26. The molecule has 3 nitrogen and oxygen atoms in total. The zero-order valence-electron chi connectivity index (χ0n) is 8.13. The predicted octanol–water partition coefficient (Wildman–Crippen LogP) is 2.26. The monoisotopic (exact) mass is 175 g/mol. The molecule has 0 unspecified atom stereocenters. The van der Waals surface area contributed by atoms with Crippen molar-refractivity contribution in [3.05, 3.63) is 24.0 Å². The van der Waals surface area contributed by atoms with Gasteiger partial charge in [0.25, 0.3) is 0 Å². The smallest absolute Gasteiger partial charge is 0.112 e. The maximum absolute atomic E-state index is 4.31. The number of pyridine rings is 1. The molecular formula is C10H13N3. The van der Waals surface area contributed by atoms with E-state index in [1.54, 1.807) is 6.20 Å². The third-order valence-corrected chi connectivity index (χ3v) is 2.03. The van der Waals surface area contributed by atoms with Gasteiger partial charge in [-0.05, 0) is 12.1 Å². The molecule has 68 valence electrons. The number of hydrogen-bond acceptors (Lipinski definition) is 2. The Labute approximate surface area is 77.2 Å². The highest BCUT2D eigenvalue weighted by molar-refractivity contribution is 5.77. The Morgan fingerprint density at radius 3 is 2.77 bits per heavy atom. The van der Waals surface area contributed by atoms with Crippen molar-refractivity contribution in [2.45, 2.75) is 26.2 Å². The van der Waals surface area contributed by atoms with Crippen molar-refractivity contribution in [2.75, 3.05) is 0 Å². The summed E-state index contributed by atoms with van der Waals surface area (Å²) in [6, 6.07) is 3.90. The molecule has 0 aliphatic heterocycles. The van der Waals surface area contributed by atoms with Crippen molar-refractivity contribution in [3.8, 4) is 0 Å². The van der Waals surface area contributed by atoms with Gasteiger partial charge in [0.1, 0.15) is 5.52 Å². The molecule has 0 radical (unpaired) electrons. The van der Waals surface area contributed by atoms with Crippen LogP contribution >= 0.6 is 0 Å². The molecule has 0 atom stereocenters. The first-order valence-electron chi connectivity index (χ1n) is 4.38. The Kier molecular flexibility index (Phi) is 1.62. The van der Waals surface area contributed by atoms with Crippen LogP contribution in [0.3, 0.4) is 0 Å². The minimum Gasteiger partial charge on any atom is -0.276 e. The van der Waals surface area contributed by atoms with Crippen molar-refractivity contribution >= 4 is 11.0 Å². The van der Waals surface area contributed by atoms with Gasteiger partial charge >= 0.3 is 0 Å². The van der Waals surface area contributed by atoms with Crippen LogP contribution in [0.1, 0.15) is 26.5 Å². The summed E-state index contributed by atoms with van der Waals surface area (Å²) in [6.45, 7) is 6.41. The quantitative estimate of drug-likeness (QED) is 0.667. The van der Waals surface area contributed by atoms with Gasteiger partial charge in [-0.15, -0.1) is 0 Å². The highest BCUT2D eigenvalue weighted by Gasteiger charge is 2.20. The van der Waals surface area contributed by atoms with Gasteiger partial charge in [0.05, 0.1) is 11.2 Å². The average Bonchev–Trinajstić information content (AvgIpc) is 2.45. The maximum Gasteiger partial charge on any atom is 0.112 e. The van der Waals surface area contributed by atoms with Gasteiger partial charge in [0.15, 0.2) is 0 Å². The van der Waals surface area contributed by atoms with Crippen LogP contribution in [0.4, 0.5) is 0 Å². The van der Waals surface area contributed by atoms with Crippen molar-refractivity contribution in [1.82, 2.24) is 15.2 Å². The normalized spacial score (nSPS) is 12.2. The van der Waals surface area contributed by atoms with Crippen LogP contribution in [0.15, 0.2) is 18.3 Å². The van der Waals surface area contributed by atoms with E-state index in [-0.39, 0.29) is 5.41 Å². The predicted molar refractivity (Wildman–Crippen MR) is 52.6 cm³/mol. The van der Waals surface area contributed by atoms with Crippen LogP contribution in [0.25, 0.3) is 11.0 Å². The fourth-order valence-corrected chi connectivity index (χ4v) is 1.38. The highest BCUT2D eigenvalue weighted by Crippen LogP contribution is 2.25. The number of fused-ring (bicyclic) bond motifs is 1. The molecule has 2 rings (SSSR count). The fourth-order valence-electron chi connectivity index (χ4n) is 1.38. The van der Waals surface area contributed by atoms with Crippen LogP contribution in [0.5, 0.6) is 0 Å². The Morgan fingerprint density at radius 1 is 1.31 bits per heavy atom. The van der Waals surface area contributed by atoms with E-state index < -0.39 is 0 Å². The summed E-state index contributed by atoms with van der Waals surface area (Å²) in [6.07, 6.45) is 1.80. The summed E-state index contributed by atoms with van der Waals surface area (Å²) in [4.78, 5) is 4.31. The standard InChI is InChI=1S/C10H13N3/c1-10(2,3)9-8-7(12-13-9)5-4-6-11-8/h4-6H,1-3H3,(H,12,13). The molecule has 0 spiro atoms. The Morgan fingerprint density at radius 2 is 2.08 bits per heavy atom. The topological polar surface area (TPSA) is 41.6 Å². The molecule has 0 saturated carbocycles. The summed E-state index contributed by atoms with van der Waals surface area (Å²) < 4.78 is 0. The molecule has 2 heterocycles. The van der Waals surface area contributed by atoms with Gasteiger partial charge in [-0.1, -0.05) is 20.8 Å². The van der Waals surface area contributed by atoms with E-state index in [9.17, 15) is 0 Å². The largest absolute Gasteiger partial charge is 0.276 e. The van der Waals surface area contributed by atoms with E-state index in [4.69, 9.17) is 0 Å². The molecule has 0 aliphatic carbocycles. The molecule has 0 saturated heterocycles. The fraction of sp³-hybridized carbons (Fsp3) is 0.400. The van der Waals surface area contributed by atoms with E-state index in [0.717, 1.165) is 16.7 Å². The number of aromatic amines is 1. The van der Waals surface area contributed by atoms with Crippen LogP contribution < -0.4 is 0 Å². The minimum atomic E-state index is 0.0482. The Hall–Kier alpha value is -1.38. The average molecular weight is 175 g/mol. The van der Waals surface area contributed by atoms with Gasteiger partial charge in [-0.25, -0.2) is 0 Å². The second-order valence-corrected chi connectivity index (χ2v) is 4.22. The third-order valence-electron chi connectivity index (χ3n) is 2.03. The van der Waals surface area contributed by atoms with Crippen LogP contribution in [0.2, 0.25) is 0 Å². The molecule has 13 heavy (non-hydrogen) atoms. The Bertz CT molecular complexity index is 423. The first-order valence-corrected chi connectivity index (χ1v) is 4.38. The molecule has 3 heteroatoms. The second kappa shape index (κ2) is 2.55. The van der Waals surface area contributed by atoms with Gasteiger partial charge in [0, 0.05) is 11.6 Å². The minimum absolute atomic E-state index is 0.0482. The third kappa shape index (κ3) is 1.30. The highest BCUT2D eigenvalue weighted by atomic mass is 15.1. The zero-order chi connectivity index (χ0) is 9.47. The SMILES string of the molecule is CC(C)(C)c1n[nH]c2cccnc12. The lowest BCUT2D eigenvalue weighted by Gasteiger charge is -2.14. The molecule has 0 aromatic carbocycles. The van der Waals surface area contributed by atoms with Gasteiger partial charge in [0.2, 0.25) is 0 Å². The van der Waals surface area contributed by atoms with Crippen LogP contribution in [-0.2, 0) is 5.41 Å². The molecule has 0 amide bonds. The number of nitrogens with one attached hydrogen (secondary N) is 1. The number of H-pyrrole nitrogens is 1. The number of rotatable bonds is 0. The molecular weight excluding hydrogens is 162 g/mol. The lowest BCUT2D eigenvalue weighted by molar-refractivity contribution is 0.570. The molecule has 0 aliphatic rings. The number of hydrogen-bond donors (Lipinski definition) is 1. The van der Waals surface area contributed by atoms with Crippen molar-refractivity contribution in [2.24, 2.45) is 0 Å². The molecule has 0 fully saturated rings. The molecule has 1 N–H and O–H groups in total. The van der Waals surface area contributed by atoms with Crippen molar-refractivity contribution < 1.29 is 0 Å². The van der Waals surface area contributed by atoms with Crippen LogP contribution in [-0.4, -0.2) is 15.2 Å². The summed E-state index contributed by atoms with van der Waals surface area (Å²) >= 11 is 0. The summed E-state index contributed by atoms with van der Waals surface area (Å²) in [5.74, 6) is 0. The first kappa shape index (κ1) is 8.23. The summed E-state index contributed by atoms with van der Waals surface area (Å²) in [5.41, 5.74) is 3.07. The second-order valence-electron chi connectivity index (χ2n) is 4.22. The lowest BCUT2D eigenvalue weighted by atomic mass is 9.91. The molecule has 2 aromatic rings. The van der Waals surface area contributed by atoms with Gasteiger partial charge in [-0.3, -0.25) is 10.1 Å². The van der Waals surface area contributed by atoms with E-state index in [2.05, 4.69) is 36.0 Å². The van der Waals surface area contributed by atoms with Crippen LogP contribution in [0, 0.1) is 0 Å². The lowest BCUT2D eigenvalue weighted by Crippen LogP contribution is -2.12. The van der Waals surface area contributed by atoms with E-state index >= 15 is 0 Å². The van der Waals surface area contributed by atoms with Crippen molar-refractivity contribution in [1.29, 1.82) is 0 Å².